The molecule has 5 nitrogen and oxygen atoms in total. The third-order valence-corrected chi connectivity index (χ3v) is 2.13. The SMILES string of the molecule is C=CC(=O)N[C@H](CCCC)COS(=O)[O-]. The second kappa shape index (κ2) is 8.58. The molecule has 0 saturated carbocycles. The highest BCUT2D eigenvalue weighted by Crippen LogP contribution is 2.02. The van der Waals surface area contributed by atoms with Crippen molar-refractivity contribution >= 4 is 17.3 Å². The first-order chi connectivity index (χ1) is 7.10. The molecule has 0 aliphatic rings. The van der Waals surface area contributed by atoms with Crippen LogP contribution in [-0.4, -0.2) is 27.3 Å². The molecule has 1 amide bonds. The van der Waals surface area contributed by atoms with Gasteiger partial charge in [0.25, 0.3) is 0 Å². The molecule has 0 aromatic heterocycles. The van der Waals surface area contributed by atoms with E-state index >= 15 is 0 Å². The van der Waals surface area contributed by atoms with Crippen LogP contribution in [0.1, 0.15) is 26.2 Å². The van der Waals surface area contributed by atoms with Crippen LogP contribution in [0.2, 0.25) is 0 Å². The van der Waals surface area contributed by atoms with Crippen LogP contribution in [0, 0.1) is 0 Å². The van der Waals surface area contributed by atoms with Crippen molar-refractivity contribution in [3.05, 3.63) is 12.7 Å². The Bertz CT molecular complexity index is 232. The van der Waals surface area contributed by atoms with E-state index in [0.29, 0.717) is 6.42 Å². The first-order valence-corrected chi connectivity index (χ1v) is 5.75. The van der Waals surface area contributed by atoms with Gasteiger partial charge in [-0.25, -0.2) is 4.21 Å². The van der Waals surface area contributed by atoms with Crippen LogP contribution in [0.25, 0.3) is 0 Å². The number of hydrogen-bond donors (Lipinski definition) is 1. The molecular weight excluding hydrogens is 218 g/mol. The molecule has 0 spiro atoms. The van der Waals surface area contributed by atoms with E-state index < -0.39 is 11.4 Å². The predicted octanol–water partition coefficient (Wildman–Crippen LogP) is 0.658. The molecule has 0 saturated heterocycles. The van der Waals surface area contributed by atoms with Gasteiger partial charge >= 0.3 is 0 Å². The number of hydrogen-bond acceptors (Lipinski definition) is 4. The first kappa shape index (κ1) is 14.3. The Morgan fingerprint density at radius 3 is 2.87 bits per heavy atom. The zero-order valence-electron chi connectivity index (χ0n) is 8.73. The highest BCUT2D eigenvalue weighted by atomic mass is 32.2. The topological polar surface area (TPSA) is 78.5 Å². The summed E-state index contributed by atoms with van der Waals surface area (Å²) in [4.78, 5) is 11.0. The minimum atomic E-state index is -2.54. The van der Waals surface area contributed by atoms with E-state index in [0.717, 1.165) is 18.9 Å². The summed E-state index contributed by atoms with van der Waals surface area (Å²) in [7, 11) is 0. The third kappa shape index (κ3) is 8.29. The minimum absolute atomic E-state index is 0.0321. The Morgan fingerprint density at radius 2 is 2.40 bits per heavy atom. The molecule has 15 heavy (non-hydrogen) atoms. The van der Waals surface area contributed by atoms with Crippen molar-refractivity contribution in [1.29, 1.82) is 0 Å². The zero-order valence-corrected chi connectivity index (χ0v) is 9.55. The molecule has 0 bridgehead atoms. The van der Waals surface area contributed by atoms with Gasteiger partial charge < -0.3 is 9.87 Å². The molecule has 6 heteroatoms. The molecule has 88 valence electrons. The van der Waals surface area contributed by atoms with Crippen LogP contribution in [0.5, 0.6) is 0 Å². The van der Waals surface area contributed by atoms with Gasteiger partial charge in [-0.1, -0.05) is 26.3 Å². The van der Waals surface area contributed by atoms with E-state index in [9.17, 15) is 13.6 Å². The van der Waals surface area contributed by atoms with Crippen molar-refractivity contribution in [3.63, 3.8) is 0 Å². The Morgan fingerprint density at radius 1 is 1.73 bits per heavy atom. The van der Waals surface area contributed by atoms with E-state index in [2.05, 4.69) is 16.1 Å². The van der Waals surface area contributed by atoms with E-state index in [4.69, 9.17) is 0 Å². The van der Waals surface area contributed by atoms with Crippen LogP contribution in [-0.2, 0) is 20.3 Å². The summed E-state index contributed by atoms with van der Waals surface area (Å²) < 4.78 is 24.8. The van der Waals surface area contributed by atoms with Gasteiger partial charge in [0.1, 0.15) is 0 Å². The van der Waals surface area contributed by atoms with Crippen LogP contribution in [0.15, 0.2) is 12.7 Å². The molecule has 0 aromatic carbocycles. The van der Waals surface area contributed by atoms with Crippen molar-refractivity contribution in [3.8, 4) is 0 Å². The van der Waals surface area contributed by atoms with E-state index in [1.807, 2.05) is 6.92 Å². The fourth-order valence-electron chi connectivity index (χ4n) is 1.05. The number of carbonyl (C=O) groups is 1. The monoisotopic (exact) mass is 234 g/mol. The van der Waals surface area contributed by atoms with E-state index in [-0.39, 0.29) is 18.6 Å². The van der Waals surface area contributed by atoms with Gasteiger partial charge in [0.2, 0.25) is 5.91 Å². The van der Waals surface area contributed by atoms with Crippen LogP contribution < -0.4 is 5.32 Å². The van der Waals surface area contributed by atoms with Crippen LogP contribution in [0.3, 0.4) is 0 Å². The highest BCUT2D eigenvalue weighted by molar-refractivity contribution is 7.74. The molecule has 0 rings (SSSR count). The Balaban J connectivity index is 3.98. The van der Waals surface area contributed by atoms with Gasteiger partial charge in [-0.15, -0.1) is 0 Å². The fraction of sp³-hybridized carbons (Fsp3) is 0.667. The van der Waals surface area contributed by atoms with Gasteiger partial charge in [0, 0.05) is 0 Å². The lowest BCUT2D eigenvalue weighted by Gasteiger charge is -2.18. The second-order valence-electron chi connectivity index (χ2n) is 3.04. The molecule has 1 N–H and O–H groups in total. The molecule has 0 fully saturated rings. The van der Waals surface area contributed by atoms with Gasteiger partial charge in [0.15, 0.2) is 0 Å². The maximum absolute atomic E-state index is 11.0. The lowest BCUT2D eigenvalue weighted by atomic mass is 10.1. The van der Waals surface area contributed by atoms with Crippen LogP contribution in [0.4, 0.5) is 0 Å². The van der Waals surface area contributed by atoms with E-state index in [1.165, 1.54) is 0 Å². The largest absolute Gasteiger partial charge is 0.750 e. The first-order valence-electron chi connectivity index (χ1n) is 4.75. The molecule has 1 unspecified atom stereocenters. The Kier molecular flexibility index (Phi) is 8.17. The molecule has 2 atom stereocenters. The van der Waals surface area contributed by atoms with Gasteiger partial charge in [-0.05, 0) is 12.5 Å². The second-order valence-corrected chi connectivity index (χ2v) is 3.68. The average molecular weight is 234 g/mol. The summed E-state index contributed by atoms with van der Waals surface area (Å²) >= 11 is -2.54. The van der Waals surface area contributed by atoms with Crippen molar-refractivity contribution in [2.24, 2.45) is 0 Å². The number of nitrogens with one attached hydrogen (secondary N) is 1. The summed E-state index contributed by atoms with van der Waals surface area (Å²) in [5, 5.41) is 2.60. The molecule has 0 radical (unpaired) electrons. The fourth-order valence-corrected chi connectivity index (χ4v) is 1.32. The van der Waals surface area contributed by atoms with Crippen molar-refractivity contribution in [2.75, 3.05) is 6.61 Å². The lowest BCUT2D eigenvalue weighted by molar-refractivity contribution is -0.117. The molecular formula is C9H16NO4S-. The Hall–Kier alpha value is -0.720. The summed E-state index contributed by atoms with van der Waals surface area (Å²) in [6, 6.07) is -0.284. The predicted molar refractivity (Wildman–Crippen MR) is 56.5 cm³/mol. The summed E-state index contributed by atoms with van der Waals surface area (Å²) in [5.41, 5.74) is 0. The van der Waals surface area contributed by atoms with Gasteiger partial charge in [-0.3, -0.25) is 8.98 Å². The smallest absolute Gasteiger partial charge is 0.243 e. The number of amides is 1. The maximum Gasteiger partial charge on any atom is 0.243 e. The average Bonchev–Trinajstić information content (AvgIpc) is 2.21. The van der Waals surface area contributed by atoms with Gasteiger partial charge in [-0.2, -0.15) is 0 Å². The van der Waals surface area contributed by atoms with E-state index in [1.54, 1.807) is 0 Å². The highest BCUT2D eigenvalue weighted by Gasteiger charge is 2.10. The normalized spacial score (nSPS) is 14.3. The standard InChI is InChI=1S/C9H17NO4S/c1-3-5-6-8(7-14-15(12)13)10-9(11)4-2/h4,8H,2-3,5-7H2,1H3,(H,10,11)(H,12,13)/p-1/t8-/m1/s1. The maximum atomic E-state index is 11.0. The zero-order chi connectivity index (χ0) is 11.7. The molecule has 0 aliphatic heterocycles. The van der Waals surface area contributed by atoms with Crippen molar-refractivity contribution in [1.82, 2.24) is 5.32 Å². The minimum Gasteiger partial charge on any atom is -0.750 e. The number of rotatable bonds is 8. The molecule has 0 aromatic rings. The lowest BCUT2D eigenvalue weighted by Crippen LogP contribution is -2.37. The summed E-state index contributed by atoms with van der Waals surface area (Å²) in [5.74, 6) is -0.323. The Labute approximate surface area is 92.4 Å². The summed E-state index contributed by atoms with van der Waals surface area (Å²) in [6.45, 7) is 5.30. The third-order valence-electron chi connectivity index (χ3n) is 1.80. The quantitative estimate of drug-likeness (QED) is 0.494. The van der Waals surface area contributed by atoms with Crippen LogP contribution >= 0.6 is 0 Å². The molecule has 0 aliphatic carbocycles. The molecule has 0 heterocycles. The van der Waals surface area contributed by atoms with Crippen molar-refractivity contribution < 1.29 is 17.7 Å². The number of unbranched alkanes of at least 4 members (excludes halogenated alkanes) is 1. The van der Waals surface area contributed by atoms with Crippen molar-refractivity contribution in [2.45, 2.75) is 32.2 Å². The summed E-state index contributed by atoms with van der Waals surface area (Å²) in [6.07, 6.45) is 3.71. The number of carbonyl (C=O) groups excluding carboxylic acids is 1. The van der Waals surface area contributed by atoms with Gasteiger partial charge in [0.05, 0.1) is 24.0 Å².